The molecule has 3 nitrogen and oxygen atoms in total. The van der Waals surface area contributed by atoms with E-state index in [2.05, 4.69) is 12.2 Å². The monoisotopic (exact) mass is 302 g/mol. The third kappa shape index (κ3) is 3.61. The van der Waals surface area contributed by atoms with E-state index in [0.29, 0.717) is 18.8 Å². The van der Waals surface area contributed by atoms with Crippen LogP contribution < -0.4 is 11.1 Å². The lowest BCUT2D eigenvalue weighted by Gasteiger charge is -2.40. The lowest BCUT2D eigenvalue weighted by atomic mass is 9.76. The summed E-state index contributed by atoms with van der Waals surface area (Å²) < 4.78 is 39.4. The van der Waals surface area contributed by atoms with Crippen molar-refractivity contribution >= 4 is 11.4 Å². The van der Waals surface area contributed by atoms with Crippen molar-refractivity contribution in [2.45, 2.75) is 44.3 Å². The zero-order valence-electron chi connectivity index (χ0n) is 12.0. The van der Waals surface area contributed by atoms with E-state index in [-0.39, 0.29) is 18.0 Å². The van der Waals surface area contributed by atoms with Crippen LogP contribution in [0.15, 0.2) is 18.2 Å². The summed E-state index contributed by atoms with van der Waals surface area (Å²) in [7, 11) is 0. The van der Waals surface area contributed by atoms with E-state index in [1.165, 1.54) is 12.1 Å². The number of nitrogens with one attached hydrogen (secondary N) is 1. The summed E-state index contributed by atoms with van der Waals surface area (Å²) in [5.74, 6) is 0.376. The van der Waals surface area contributed by atoms with Gasteiger partial charge in [-0.1, -0.05) is 19.8 Å². The molecule has 6 heteroatoms. The molecule has 1 aromatic carbocycles. The van der Waals surface area contributed by atoms with Gasteiger partial charge in [-0.05, 0) is 37.0 Å². The van der Waals surface area contributed by atoms with E-state index in [4.69, 9.17) is 5.73 Å². The smallest absolute Gasteiger partial charge is 0.399 e. The Kier molecular flexibility index (Phi) is 4.37. The van der Waals surface area contributed by atoms with Crippen LogP contribution in [0.25, 0.3) is 0 Å². The van der Waals surface area contributed by atoms with Crippen LogP contribution in [-0.4, -0.2) is 17.3 Å². The van der Waals surface area contributed by atoms with E-state index in [1.54, 1.807) is 0 Å². The largest absolute Gasteiger partial charge is 0.418 e. The van der Waals surface area contributed by atoms with Crippen LogP contribution in [0.2, 0.25) is 0 Å². The van der Waals surface area contributed by atoms with E-state index in [0.717, 1.165) is 18.9 Å². The molecule has 0 spiro atoms. The third-order valence-electron chi connectivity index (χ3n) is 4.14. The van der Waals surface area contributed by atoms with Gasteiger partial charge in [0.2, 0.25) is 0 Å². The minimum absolute atomic E-state index is 0.0140. The van der Waals surface area contributed by atoms with Crippen molar-refractivity contribution in [3.63, 3.8) is 0 Å². The first-order valence-electron chi connectivity index (χ1n) is 7.11. The predicted molar refractivity (Wildman–Crippen MR) is 76.9 cm³/mol. The Morgan fingerprint density at radius 3 is 2.71 bits per heavy atom. The number of alkyl halides is 3. The molecule has 0 heterocycles. The van der Waals surface area contributed by atoms with Gasteiger partial charge in [0.25, 0.3) is 0 Å². The molecule has 1 aliphatic rings. The molecule has 0 saturated heterocycles. The Labute approximate surface area is 122 Å². The first kappa shape index (κ1) is 15.9. The maximum atomic E-state index is 13.1. The van der Waals surface area contributed by atoms with Crippen LogP contribution in [0.4, 0.5) is 24.5 Å². The normalized spacial score (nSPS) is 26.6. The fourth-order valence-corrected chi connectivity index (χ4v) is 3.15. The number of nitrogens with two attached hydrogens (primary N) is 1. The third-order valence-corrected chi connectivity index (χ3v) is 4.14. The van der Waals surface area contributed by atoms with E-state index in [9.17, 15) is 18.3 Å². The van der Waals surface area contributed by atoms with Crippen molar-refractivity contribution in [1.82, 2.24) is 0 Å². The Balaban J connectivity index is 2.33. The highest BCUT2D eigenvalue weighted by Gasteiger charge is 2.38. The van der Waals surface area contributed by atoms with E-state index >= 15 is 0 Å². The Morgan fingerprint density at radius 1 is 1.43 bits per heavy atom. The summed E-state index contributed by atoms with van der Waals surface area (Å²) in [6.07, 6.45) is -1.22. The number of aliphatic hydroxyl groups excluding tert-OH is 1. The second kappa shape index (κ2) is 5.75. The Bertz CT molecular complexity index is 504. The molecule has 1 aromatic rings. The van der Waals surface area contributed by atoms with Crippen LogP contribution in [0, 0.1) is 5.92 Å². The standard InChI is InChI=1S/C15H21F3N2O/c1-10-3-2-6-14(8-10,9-21)20-13-5-4-11(19)7-12(13)15(16,17)18/h4-5,7,10,20-21H,2-3,6,8-9,19H2,1H3. The molecule has 0 aromatic heterocycles. The summed E-state index contributed by atoms with van der Waals surface area (Å²) in [5, 5.41) is 12.7. The maximum absolute atomic E-state index is 13.1. The molecule has 4 N–H and O–H groups in total. The van der Waals surface area contributed by atoms with Gasteiger partial charge in [-0.2, -0.15) is 13.2 Å². The first-order valence-corrected chi connectivity index (χ1v) is 7.11. The number of halogens is 3. The molecule has 0 radical (unpaired) electrons. The van der Waals surface area contributed by atoms with Gasteiger partial charge in [-0.25, -0.2) is 0 Å². The first-order chi connectivity index (χ1) is 9.76. The molecule has 2 rings (SSSR count). The van der Waals surface area contributed by atoms with Gasteiger partial charge in [0.15, 0.2) is 0 Å². The van der Waals surface area contributed by atoms with Crippen molar-refractivity contribution in [3.05, 3.63) is 23.8 Å². The highest BCUT2D eigenvalue weighted by atomic mass is 19.4. The van der Waals surface area contributed by atoms with Crippen LogP contribution in [0.3, 0.4) is 0 Å². The topological polar surface area (TPSA) is 58.3 Å². The highest BCUT2D eigenvalue weighted by Crippen LogP contribution is 2.40. The molecular formula is C15H21F3N2O. The number of aliphatic hydroxyl groups is 1. The van der Waals surface area contributed by atoms with Gasteiger partial charge >= 0.3 is 6.18 Å². The van der Waals surface area contributed by atoms with Crippen molar-refractivity contribution in [2.24, 2.45) is 5.92 Å². The van der Waals surface area contributed by atoms with Crippen molar-refractivity contribution in [3.8, 4) is 0 Å². The van der Waals surface area contributed by atoms with Crippen LogP contribution in [0.1, 0.15) is 38.2 Å². The second-order valence-electron chi connectivity index (χ2n) is 6.07. The number of benzene rings is 1. The number of rotatable bonds is 3. The van der Waals surface area contributed by atoms with Crippen molar-refractivity contribution in [2.75, 3.05) is 17.7 Å². The zero-order chi connectivity index (χ0) is 15.7. The molecule has 1 saturated carbocycles. The molecule has 0 amide bonds. The van der Waals surface area contributed by atoms with Gasteiger partial charge in [0.05, 0.1) is 17.7 Å². The second-order valence-corrected chi connectivity index (χ2v) is 6.07. The minimum atomic E-state index is -4.48. The Hall–Kier alpha value is -1.43. The molecule has 0 aliphatic heterocycles. The van der Waals surface area contributed by atoms with Gasteiger partial charge in [0, 0.05) is 11.4 Å². The van der Waals surface area contributed by atoms with E-state index < -0.39 is 17.3 Å². The number of hydrogen-bond donors (Lipinski definition) is 3. The fraction of sp³-hybridized carbons (Fsp3) is 0.600. The number of hydrogen-bond acceptors (Lipinski definition) is 3. The SMILES string of the molecule is CC1CCCC(CO)(Nc2ccc(N)cc2C(F)(F)F)C1. The Morgan fingerprint density at radius 2 is 2.14 bits per heavy atom. The molecular weight excluding hydrogens is 281 g/mol. The van der Waals surface area contributed by atoms with Gasteiger partial charge < -0.3 is 16.2 Å². The molecule has 2 unspecified atom stereocenters. The van der Waals surface area contributed by atoms with Crippen LogP contribution >= 0.6 is 0 Å². The van der Waals surface area contributed by atoms with E-state index in [1.807, 2.05) is 0 Å². The molecule has 118 valence electrons. The zero-order valence-corrected chi connectivity index (χ0v) is 12.0. The molecule has 1 aliphatic carbocycles. The van der Waals surface area contributed by atoms with Crippen LogP contribution in [0.5, 0.6) is 0 Å². The maximum Gasteiger partial charge on any atom is 0.418 e. The highest BCUT2D eigenvalue weighted by molar-refractivity contribution is 5.60. The molecule has 21 heavy (non-hydrogen) atoms. The number of anilines is 2. The minimum Gasteiger partial charge on any atom is -0.399 e. The summed E-state index contributed by atoms with van der Waals surface area (Å²) in [5.41, 5.74) is 4.06. The average Bonchev–Trinajstić information content (AvgIpc) is 2.40. The van der Waals surface area contributed by atoms with Gasteiger partial charge in [-0.15, -0.1) is 0 Å². The lowest BCUT2D eigenvalue weighted by molar-refractivity contribution is -0.137. The predicted octanol–water partition coefficient (Wildman–Crippen LogP) is 3.64. The molecule has 0 bridgehead atoms. The summed E-state index contributed by atoms with van der Waals surface area (Å²) in [6.45, 7) is 1.87. The summed E-state index contributed by atoms with van der Waals surface area (Å²) in [6, 6.07) is 3.71. The summed E-state index contributed by atoms with van der Waals surface area (Å²) >= 11 is 0. The fourth-order valence-electron chi connectivity index (χ4n) is 3.15. The number of nitrogen functional groups attached to an aromatic ring is 1. The molecule has 2 atom stereocenters. The summed E-state index contributed by atoms with van der Waals surface area (Å²) in [4.78, 5) is 0. The molecule has 1 fully saturated rings. The van der Waals surface area contributed by atoms with Crippen LogP contribution in [-0.2, 0) is 6.18 Å². The van der Waals surface area contributed by atoms with Gasteiger partial charge in [0.1, 0.15) is 0 Å². The van der Waals surface area contributed by atoms with Crippen molar-refractivity contribution in [1.29, 1.82) is 0 Å². The average molecular weight is 302 g/mol. The van der Waals surface area contributed by atoms with Crippen molar-refractivity contribution < 1.29 is 18.3 Å². The quantitative estimate of drug-likeness (QED) is 0.747. The van der Waals surface area contributed by atoms with Gasteiger partial charge in [-0.3, -0.25) is 0 Å². The lowest BCUT2D eigenvalue weighted by Crippen LogP contribution is -2.46.